The van der Waals surface area contributed by atoms with Crippen LogP contribution < -0.4 is 5.73 Å². The van der Waals surface area contributed by atoms with E-state index in [9.17, 15) is 4.79 Å². The van der Waals surface area contributed by atoms with E-state index in [0.29, 0.717) is 24.6 Å². The summed E-state index contributed by atoms with van der Waals surface area (Å²) in [5.74, 6) is 0.785. The Kier molecular flexibility index (Phi) is 17.6. The molecule has 0 aromatic carbocycles. The Balaban J connectivity index is -0.000000286. The fraction of sp³-hybridized carbons (Fsp3) is 0.588. The minimum atomic E-state index is 0. The molecular formula is C17H34N4O. The minimum Gasteiger partial charge on any atom is -0.368 e. The maximum atomic E-state index is 10.2. The number of nitrogens with two attached hydrogens (primary N) is 1. The molecule has 2 heterocycles. The van der Waals surface area contributed by atoms with E-state index in [4.69, 9.17) is 5.73 Å². The van der Waals surface area contributed by atoms with Crippen LogP contribution >= 0.6 is 0 Å². The first-order chi connectivity index (χ1) is 10.1. The molecule has 0 aliphatic carbocycles. The van der Waals surface area contributed by atoms with Gasteiger partial charge in [-0.3, -0.25) is 9.20 Å². The topological polar surface area (TPSA) is 73.3 Å². The van der Waals surface area contributed by atoms with Crippen molar-refractivity contribution in [2.45, 2.75) is 68.7 Å². The standard InChI is InChI=1S/C7H8N4.C5H10O.2C2H6.CH4/c1-5-3-2-4-6-9-10-7(8)11(5)6;1-3-5(6)4-2;2*1-2;/h2-4H,1H3,(H2,8,10);3-4H2,1-2H3;2*1-2H3;1H4. The van der Waals surface area contributed by atoms with E-state index >= 15 is 0 Å². The van der Waals surface area contributed by atoms with Gasteiger partial charge in [-0.2, -0.15) is 0 Å². The highest BCUT2D eigenvalue weighted by Crippen LogP contribution is 2.07. The lowest BCUT2D eigenvalue weighted by Crippen LogP contribution is -1.96. The number of Topliss-reactive ketones (excluding diaryl/α,β-unsaturated/α-hetero) is 1. The Morgan fingerprint density at radius 1 is 1.09 bits per heavy atom. The Morgan fingerprint density at radius 3 is 1.95 bits per heavy atom. The Morgan fingerprint density at radius 2 is 1.59 bits per heavy atom. The number of hydrogen-bond donors (Lipinski definition) is 1. The largest absolute Gasteiger partial charge is 0.368 e. The third-order valence-electron chi connectivity index (χ3n) is 2.44. The van der Waals surface area contributed by atoms with Crippen LogP contribution in [-0.2, 0) is 4.79 Å². The molecule has 0 radical (unpaired) electrons. The summed E-state index contributed by atoms with van der Waals surface area (Å²) in [7, 11) is 0. The van der Waals surface area contributed by atoms with Gasteiger partial charge >= 0.3 is 0 Å². The first kappa shape index (κ1) is 25.1. The molecule has 0 saturated heterocycles. The van der Waals surface area contributed by atoms with Crippen molar-refractivity contribution in [3.05, 3.63) is 23.9 Å². The fourth-order valence-corrected chi connectivity index (χ4v) is 1.38. The highest BCUT2D eigenvalue weighted by atomic mass is 16.1. The molecular weight excluding hydrogens is 276 g/mol. The molecule has 2 aromatic heterocycles. The van der Waals surface area contributed by atoms with Crippen molar-refractivity contribution in [2.24, 2.45) is 0 Å². The SMILES string of the molecule is C.CC.CC.CCC(=O)CC.Cc1cccc2nnc(N)n12. The second-order valence-corrected chi connectivity index (χ2v) is 3.66. The van der Waals surface area contributed by atoms with E-state index < -0.39 is 0 Å². The molecule has 2 aromatic rings. The normalized spacial score (nSPS) is 8.14. The molecule has 128 valence electrons. The predicted octanol–water partition coefficient (Wildman–Crippen LogP) is 4.68. The van der Waals surface area contributed by atoms with Gasteiger partial charge in [0.05, 0.1) is 0 Å². The summed E-state index contributed by atoms with van der Waals surface area (Å²) >= 11 is 0. The van der Waals surface area contributed by atoms with E-state index in [2.05, 4.69) is 10.2 Å². The van der Waals surface area contributed by atoms with Crippen molar-refractivity contribution in [3.8, 4) is 0 Å². The van der Waals surface area contributed by atoms with Crippen LogP contribution in [0.15, 0.2) is 18.2 Å². The van der Waals surface area contributed by atoms with Gasteiger partial charge in [0.15, 0.2) is 5.65 Å². The zero-order valence-electron chi connectivity index (χ0n) is 14.5. The van der Waals surface area contributed by atoms with Crippen molar-refractivity contribution >= 4 is 17.4 Å². The Labute approximate surface area is 135 Å². The van der Waals surface area contributed by atoms with Crippen LogP contribution in [0, 0.1) is 6.92 Å². The van der Waals surface area contributed by atoms with Crippen molar-refractivity contribution in [2.75, 3.05) is 5.73 Å². The van der Waals surface area contributed by atoms with Gasteiger partial charge < -0.3 is 5.73 Å². The smallest absolute Gasteiger partial charge is 0.226 e. The van der Waals surface area contributed by atoms with Gasteiger partial charge in [-0.1, -0.05) is 55.0 Å². The van der Waals surface area contributed by atoms with Crippen LogP contribution in [0.25, 0.3) is 5.65 Å². The summed E-state index contributed by atoms with van der Waals surface area (Å²) in [4.78, 5) is 10.2. The van der Waals surface area contributed by atoms with Crippen LogP contribution in [0.5, 0.6) is 0 Å². The molecule has 2 N–H and O–H groups in total. The zero-order chi connectivity index (χ0) is 16.8. The highest BCUT2D eigenvalue weighted by molar-refractivity contribution is 5.77. The van der Waals surface area contributed by atoms with Crippen LogP contribution in [-0.4, -0.2) is 20.4 Å². The molecule has 0 bridgehead atoms. The van der Waals surface area contributed by atoms with Gasteiger partial charge in [0.1, 0.15) is 5.78 Å². The quantitative estimate of drug-likeness (QED) is 0.873. The maximum absolute atomic E-state index is 10.2. The van der Waals surface area contributed by atoms with E-state index in [-0.39, 0.29) is 7.43 Å². The summed E-state index contributed by atoms with van der Waals surface area (Å²) in [5.41, 5.74) is 7.41. The van der Waals surface area contributed by atoms with E-state index in [0.717, 1.165) is 11.3 Å². The summed E-state index contributed by atoms with van der Waals surface area (Å²) in [6.07, 6.45) is 1.38. The number of pyridine rings is 1. The van der Waals surface area contributed by atoms with Gasteiger partial charge in [-0.25, -0.2) is 0 Å². The minimum absolute atomic E-state index is 0. The number of ketones is 1. The summed E-state index contributed by atoms with van der Waals surface area (Å²) < 4.78 is 1.81. The van der Waals surface area contributed by atoms with Gasteiger partial charge in [0.2, 0.25) is 5.95 Å². The lowest BCUT2D eigenvalue weighted by Gasteiger charge is -1.97. The van der Waals surface area contributed by atoms with Crippen LogP contribution in [0.3, 0.4) is 0 Å². The molecule has 0 aliphatic heterocycles. The number of nitrogens with zero attached hydrogens (tertiary/aromatic N) is 3. The summed E-state index contributed by atoms with van der Waals surface area (Å²) in [6.45, 7) is 13.7. The lowest BCUT2D eigenvalue weighted by molar-refractivity contribution is -0.118. The maximum Gasteiger partial charge on any atom is 0.226 e. The first-order valence-electron chi connectivity index (χ1n) is 7.68. The number of rotatable bonds is 2. The monoisotopic (exact) mass is 310 g/mol. The molecule has 5 heteroatoms. The Hall–Kier alpha value is -1.91. The molecule has 0 atom stereocenters. The van der Waals surface area contributed by atoms with Crippen molar-refractivity contribution in [3.63, 3.8) is 0 Å². The average molecular weight is 310 g/mol. The molecule has 2 rings (SSSR count). The molecule has 0 saturated carbocycles. The molecule has 0 amide bonds. The molecule has 0 spiro atoms. The first-order valence-corrected chi connectivity index (χ1v) is 7.68. The van der Waals surface area contributed by atoms with Crippen molar-refractivity contribution in [1.82, 2.24) is 14.6 Å². The third-order valence-corrected chi connectivity index (χ3v) is 2.44. The highest BCUT2D eigenvalue weighted by Gasteiger charge is 2.00. The van der Waals surface area contributed by atoms with Crippen LogP contribution in [0.1, 0.15) is 67.5 Å². The lowest BCUT2D eigenvalue weighted by atomic mass is 10.3. The van der Waals surface area contributed by atoms with Crippen molar-refractivity contribution < 1.29 is 4.79 Å². The van der Waals surface area contributed by atoms with Crippen LogP contribution in [0.4, 0.5) is 5.95 Å². The van der Waals surface area contributed by atoms with Crippen LogP contribution in [0.2, 0.25) is 0 Å². The summed E-state index contributed by atoms with van der Waals surface area (Å²) in [5, 5.41) is 7.61. The second kappa shape index (κ2) is 15.5. The average Bonchev–Trinajstić information content (AvgIpc) is 2.94. The van der Waals surface area contributed by atoms with Crippen molar-refractivity contribution in [1.29, 1.82) is 0 Å². The van der Waals surface area contributed by atoms with E-state index in [1.165, 1.54) is 0 Å². The van der Waals surface area contributed by atoms with Gasteiger partial charge in [-0.15, -0.1) is 10.2 Å². The zero-order valence-corrected chi connectivity index (χ0v) is 14.5. The molecule has 0 aliphatic rings. The fourth-order valence-electron chi connectivity index (χ4n) is 1.38. The number of fused-ring (bicyclic) bond motifs is 1. The summed E-state index contributed by atoms with van der Waals surface area (Å²) in [6, 6.07) is 5.77. The molecule has 22 heavy (non-hydrogen) atoms. The Bertz CT molecular complexity index is 500. The number of carbonyl (C=O) groups excluding carboxylic acids is 1. The number of anilines is 1. The molecule has 0 unspecified atom stereocenters. The third kappa shape index (κ3) is 8.39. The van der Waals surface area contributed by atoms with Gasteiger partial charge in [-0.05, 0) is 19.1 Å². The molecule has 5 nitrogen and oxygen atoms in total. The number of aromatic nitrogens is 3. The predicted molar refractivity (Wildman–Crippen MR) is 97.2 cm³/mol. The number of carbonyl (C=O) groups is 1. The van der Waals surface area contributed by atoms with Gasteiger partial charge in [0, 0.05) is 18.5 Å². The number of aryl methyl sites for hydroxylation is 1. The van der Waals surface area contributed by atoms with E-state index in [1.807, 2.05) is 66.7 Å². The molecule has 0 fully saturated rings. The number of nitrogen functional groups attached to an aromatic ring is 1. The second-order valence-electron chi connectivity index (χ2n) is 3.66. The number of hydrogen-bond acceptors (Lipinski definition) is 4. The van der Waals surface area contributed by atoms with Gasteiger partial charge in [0.25, 0.3) is 0 Å². The van der Waals surface area contributed by atoms with E-state index in [1.54, 1.807) is 4.40 Å².